The molecule has 1 aliphatic carbocycles. The summed E-state index contributed by atoms with van der Waals surface area (Å²) < 4.78 is 8.88. The first-order valence-electron chi connectivity index (χ1n) is 9.08. The second-order valence-electron chi connectivity index (χ2n) is 6.84. The second kappa shape index (κ2) is 8.16. The Kier molecular flexibility index (Phi) is 5.57. The summed E-state index contributed by atoms with van der Waals surface area (Å²) in [4.78, 5) is 37.9. The van der Waals surface area contributed by atoms with E-state index in [2.05, 4.69) is 47.0 Å². The van der Waals surface area contributed by atoms with Crippen molar-refractivity contribution in [2.75, 3.05) is 0 Å². The van der Waals surface area contributed by atoms with Gasteiger partial charge in [-0.1, -0.05) is 44.7 Å². The van der Waals surface area contributed by atoms with Crippen molar-refractivity contribution in [1.29, 1.82) is 5.26 Å². The van der Waals surface area contributed by atoms with Crippen LogP contribution >= 0.6 is 31.9 Å². The van der Waals surface area contributed by atoms with Crippen LogP contribution < -0.4 is 17.0 Å². The van der Waals surface area contributed by atoms with E-state index in [-0.39, 0.29) is 18.4 Å². The molecule has 3 aromatic rings. The monoisotopic (exact) mass is 536 g/mol. The Balaban J connectivity index is 1.69. The molecule has 1 saturated carbocycles. The first kappa shape index (κ1) is 20.5. The van der Waals surface area contributed by atoms with Gasteiger partial charge < -0.3 is 4.42 Å². The average molecular weight is 538 g/mol. The molecule has 12 heteroatoms. The van der Waals surface area contributed by atoms with Gasteiger partial charge in [0, 0.05) is 8.95 Å². The van der Waals surface area contributed by atoms with Crippen molar-refractivity contribution in [3.05, 3.63) is 69.6 Å². The highest BCUT2D eigenvalue weighted by molar-refractivity contribution is 9.11. The van der Waals surface area contributed by atoms with Gasteiger partial charge in [0.25, 0.3) is 5.56 Å². The summed E-state index contributed by atoms with van der Waals surface area (Å²) in [6.45, 7) is 0. The Morgan fingerprint density at radius 1 is 1.17 bits per heavy atom. The Labute approximate surface area is 185 Å². The predicted octanol–water partition coefficient (Wildman–Crippen LogP) is 2.17. The van der Waals surface area contributed by atoms with Crippen LogP contribution in [0.1, 0.15) is 48.9 Å². The molecule has 1 aliphatic rings. The molecule has 4 rings (SSSR count). The molecule has 1 aromatic carbocycles. The van der Waals surface area contributed by atoms with Gasteiger partial charge in [-0.2, -0.15) is 14.6 Å². The van der Waals surface area contributed by atoms with Gasteiger partial charge >= 0.3 is 11.4 Å². The van der Waals surface area contributed by atoms with Crippen LogP contribution in [0.25, 0.3) is 5.69 Å². The summed E-state index contributed by atoms with van der Waals surface area (Å²) in [5.74, 6) is -0.180. The summed E-state index contributed by atoms with van der Waals surface area (Å²) in [5, 5.41) is 17.1. The molecule has 0 radical (unpaired) electrons. The van der Waals surface area contributed by atoms with Gasteiger partial charge in [-0.3, -0.25) is 9.78 Å². The van der Waals surface area contributed by atoms with Gasteiger partial charge in [0.2, 0.25) is 11.6 Å². The number of nitrogens with one attached hydrogen (secondary N) is 1. The summed E-state index contributed by atoms with van der Waals surface area (Å²) in [6, 6.07) is 4.95. The van der Waals surface area contributed by atoms with E-state index < -0.39 is 22.7 Å². The molecule has 0 aliphatic heterocycles. The zero-order chi connectivity index (χ0) is 21.4. The van der Waals surface area contributed by atoms with Gasteiger partial charge in [-0.05, 0) is 30.5 Å². The molecule has 30 heavy (non-hydrogen) atoms. The lowest BCUT2D eigenvalue weighted by molar-refractivity contribution is 0.407. The van der Waals surface area contributed by atoms with Crippen molar-refractivity contribution in [2.45, 2.75) is 38.1 Å². The van der Waals surface area contributed by atoms with Gasteiger partial charge in [0.05, 0.1) is 18.2 Å². The van der Waals surface area contributed by atoms with Gasteiger partial charge in [-0.15, -0.1) is 10.2 Å². The highest BCUT2D eigenvalue weighted by Crippen LogP contribution is 2.31. The first-order valence-corrected chi connectivity index (χ1v) is 10.7. The first-order chi connectivity index (χ1) is 14.4. The zero-order valence-electron chi connectivity index (χ0n) is 15.4. The number of nitriles is 1. The summed E-state index contributed by atoms with van der Waals surface area (Å²) in [7, 11) is 0. The molecule has 2 heterocycles. The van der Waals surface area contributed by atoms with E-state index in [1.54, 1.807) is 18.2 Å². The fourth-order valence-electron chi connectivity index (χ4n) is 3.46. The van der Waals surface area contributed by atoms with Crippen LogP contribution in [0.3, 0.4) is 0 Å². The molecule has 1 N–H and O–H groups in total. The van der Waals surface area contributed by atoms with Crippen LogP contribution in [0.4, 0.5) is 0 Å². The summed E-state index contributed by atoms with van der Waals surface area (Å²) in [5.41, 5.74) is -0.969. The van der Waals surface area contributed by atoms with Crippen LogP contribution in [-0.4, -0.2) is 24.5 Å². The third-order valence-electron chi connectivity index (χ3n) is 4.91. The molecule has 0 bridgehead atoms. The summed E-state index contributed by atoms with van der Waals surface area (Å²) in [6.07, 6.45) is 4.22. The van der Waals surface area contributed by atoms with Gasteiger partial charge in [0.1, 0.15) is 6.07 Å². The van der Waals surface area contributed by atoms with E-state index in [1.807, 2.05) is 0 Å². The molecular formula is C18H14Br2N6O4. The van der Waals surface area contributed by atoms with Gasteiger partial charge in [-0.25, -0.2) is 9.59 Å². The molecular weight excluding hydrogens is 524 g/mol. The van der Waals surface area contributed by atoms with E-state index >= 15 is 0 Å². The minimum atomic E-state index is -0.846. The Hall–Kier alpha value is -2.78. The fraction of sp³-hybridized carbons (Fsp3) is 0.333. The number of benzene rings is 1. The van der Waals surface area contributed by atoms with E-state index in [1.165, 1.54) is 4.68 Å². The SMILES string of the molecule is N#Cc1nn(-c2cc(Br)c(Cc3nn(C4CCCC4)c(=O)o3)c(Br)c2)c(=O)[nH]c1=O. The lowest BCUT2D eigenvalue weighted by Crippen LogP contribution is -2.33. The summed E-state index contributed by atoms with van der Waals surface area (Å²) >= 11 is 6.91. The number of hydrogen-bond acceptors (Lipinski definition) is 7. The maximum atomic E-state index is 12.2. The highest BCUT2D eigenvalue weighted by Gasteiger charge is 2.23. The molecule has 0 atom stereocenters. The lowest BCUT2D eigenvalue weighted by atomic mass is 10.1. The zero-order valence-corrected chi connectivity index (χ0v) is 18.6. The minimum Gasteiger partial charge on any atom is -0.392 e. The number of aromatic amines is 1. The van der Waals surface area contributed by atoms with Crippen molar-refractivity contribution >= 4 is 31.9 Å². The van der Waals surface area contributed by atoms with Crippen molar-refractivity contribution in [2.24, 2.45) is 0 Å². The third kappa shape index (κ3) is 3.82. The topological polar surface area (TPSA) is 140 Å². The molecule has 10 nitrogen and oxygen atoms in total. The number of rotatable bonds is 4. The Bertz CT molecular complexity index is 1320. The Morgan fingerprint density at radius 3 is 2.47 bits per heavy atom. The second-order valence-corrected chi connectivity index (χ2v) is 8.55. The van der Waals surface area contributed by atoms with Crippen molar-refractivity contribution in [1.82, 2.24) is 24.5 Å². The maximum absolute atomic E-state index is 12.2. The Morgan fingerprint density at radius 2 is 1.83 bits per heavy atom. The molecule has 0 saturated heterocycles. The van der Waals surface area contributed by atoms with Crippen molar-refractivity contribution in [3.63, 3.8) is 0 Å². The smallest absolute Gasteiger partial charge is 0.392 e. The fourth-order valence-corrected chi connectivity index (χ4v) is 4.90. The van der Waals surface area contributed by atoms with Crippen LogP contribution in [0.5, 0.6) is 0 Å². The number of aromatic nitrogens is 5. The number of H-pyrrole nitrogens is 1. The van der Waals surface area contributed by atoms with Crippen molar-refractivity contribution in [3.8, 4) is 11.8 Å². The predicted molar refractivity (Wildman–Crippen MR) is 112 cm³/mol. The van der Waals surface area contributed by atoms with Crippen LogP contribution in [-0.2, 0) is 6.42 Å². The minimum absolute atomic E-state index is 0.0803. The van der Waals surface area contributed by atoms with Crippen LogP contribution in [0.2, 0.25) is 0 Å². The average Bonchev–Trinajstić information content (AvgIpc) is 3.34. The van der Waals surface area contributed by atoms with E-state index in [9.17, 15) is 14.4 Å². The molecule has 0 unspecified atom stereocenters. The van der Waals surface area contributed by atoms with Crippen LogP contribution in [0, 0.1) is 11.3 Å². The molecule has 2 aromatic heterocycles. The van der Waals surface area contributed by atoms with E-state index in [0.717, 1.165) is 35.9 Å². The lowest BCUT2D eigenvalue weighted by Gasteiger charge is -2.10. The number of halogens is 2. The third-order valence-corrected chi connectivity index (χ3v) is 6.33. The number of nitrogens with zero attached hydrogens (tertiary/aromatic N) is 5. The normalized spacial score (nSPS) is 14.2. The van der Waals surface area contributed by atoms with Crippen molar-refractivity contribution < 1.29 is 4.42 Å². The molecule has 154 valence electrons. The number of hydrogen-bond donors (Lipinski definition) is 1. The van der Waals surface area contributed by atoms with Crippen LogP contribution in [0.15, 0.2) is 39.9 Å². The van der Waals surface area contributed by atoms with Gasteiger partial charge in [0.15, 0.2) is 0 Å². The molecule has 0 amide bonds. The van der Waals surface area contributed by atoms with E-state index in [4.69, 9.17) is 9.68 Å². The molecule has 0 spiro atoms. The maximum Gasteiger partial charge on any atom is 0.437 e. The largest absolute Gasteiger partial charge is 0.437 e. The quantitative estimate of drug-likeness (QED) is 0.537. The molecule has 1 fully saturated rings. The standard InChI is InChI=1S/C18H14Br2N6O4/c19-12-5-10(25-17(28)22-16(27)14(8-21)23-25)6-13(20)11(12)7-15-24-26(18(29)30-15)9-3-1-2-4-9/h5-6,9H,1-4,7H2,(H,22,27,28). The highest BCUT2D eigenvalue weighted by atomic mass is 79.9. The van der Waals surface area contributed by atoms with E-state index in [0.29, 0.717) is 14.6 Å².